The van der Waals surface area contributed by atoms with Crippen molar-refractivity contribution in [2.75, 3.05) is 0 Å². The molecule has 1 nitrogen and oxygen atoms in total. The summed E-state index contributed by atoms with van der Waals surface area (Å²) in [5.74, 6) is 0. The van der Waals surface area contributed by atoms with Gasteiger partial charge in [0.2, 0.25) is 0 Å². The number of rotatable bonds is 8. The van der Waals surface area contributed by atoms with E-state index in [-0.39, 0.29) is 0 Å². The predicted octanol–water partition coefficient (Wildman–Crippen LogP) is 4.35. The molecule has 0 fully saturated rings. The highest BCUT2D eigenvalue weighted by atomic mass is 28.3. The fraction of sp³-hybridized carbons (Fsp3) is 0.769. The first-order valence-electron chi connectivity index (χ1n) is 6.16. The topological polar surface area (TPSA) is 17.1 Å². The van der Waals surface area contributed by atoms with E-state index in [0.29, 0.717) is 5.41 Å². The van der Waals surface area contributed by atoms with E-state index in [9.17, 15) is 4.79 Å². The molecule has 0 radical (unpaired) electrons. The van der Waals surface area contributed by atoms with Crippen LogP contribution < -0.4 is 0 Å². The van der Waals surface area contributed by atoms with Crippen molar-refractivity contribution in [3.63, 3.8) is 0 Å². The molecule has 0 aliphatic rings. The Bertz CT molecular complexity index is 201. The van der Waals surface area contributed by atoms with Crippen LogP contribution in [0.15, 0.2) is 12.2 Å². The summed E-state index contributed by atoms with van der Waals surface area (Å²) in [6, 6.07) is 0. The molecule has 0 aromatic heterocycles. The standard InChI is InChI=1S/C13H26OSi/c1-5-6-7-8-9-10-11-12-13(14)15(2,3)4/h6-7H,5,8-12H2,1-4H3. The Morgan fingerprint density at radius 1 is 1.07 bits per heavy atom. The number of hydrogen-bond donors (Lipinski definition) is 0. The van der Waals surface area contributed by atoms with Gasteiger partial charge in [0.15, 0.2) is 0 Å². The highest BCUT2D eigenvalue weighted by Crippen LogP contribution is 2.10. The highest BCUT2D eigenvalue weighted by molar-refractivity contribution is 7.03. The molecular weight excluding hydrogens is 200 g/mol. The molecule has 2 heteroatoms. The minimum atomic E-state index is -1.49. The lowest BCUT2D eigenvalue weighted by Crippen LogP contribution is -2.32. The van der Waals surface area contributed by atoms with Gasteiger partial charge in [-0.25, -0.2) is 0 Å². The SMILES string of the molecule is CCC=CCCCCCC(=O)[Si](C)(C)C. The monoisotopic (exact) mass is 226 g/mol. The van der Waals surface area contributed by atoms with E-state index in [0.717, 1.165) is 19.3 Å². The zero-order chi connectivity index (χ0) is 11.7. The summed E-state index contributed by atoms with van der Waals surface area (Å²) in [7, 11) is -1.49. The number of hydrogen-bond acceptors (Lipinski definition) is 1. The van der Waals surface area contributed by atoms with Gasteiger partial charge in [-0.1, -0.05) is 45.1 Å². The van der Waals surface area contributed by atoms with Gasteiger partial charge < -0.3 is 4.79 Å². The van der Waals surface area contributed by atoms with Crippen molar-refractivity contribution >= 4 is 13.5 Å². The predicted molar refractivity (Wildman–Crippen MR) is 70.9 cm³/mol. The van der Waals surface area contributed by atoms with Gasteiger partial charge in [-0.05, 0) is 25.7 Å². The van der Waals surface area contributed by atoms with Gasteiger partial charge in [-0.3, -0.25) is 0 Å². The van der Waals surface area contributed by atoms with E-state index >= 15 is 0 Å². The van der Waals surface area contributed by atoms with Crippen LogP contribution >= 0.6 is 0 Å². The molecule has 0 aromatic rings. The molecule has 0 N–H and O–H groups in total. The fourth-order valence-corrected chi connectivity index (χ4v) is 2.31. The van der Waals surface area contributed by atoms with Gasteiger partial charge in [0.05, 0.1) is 0 Å². The molecule has 0 aromatic carbocycles. The largest absolute Gasteiger partial charge is 0.305 e. The number of carbonyl (C=O) groups is 1. The minimum Gasteiger partial charge on any atom is -0.305 e. The second-order valence-corrected chi connectivity index (χ2v) is 10.2. The Morgan fingerprint density at radius 3 is 2.27 bits per heavy atom. The highest BCUT2D eigenvalue weighted by Gasteiger charge is 2.22. The Hall–Kier alpha value is -0.373. The molecule has 0 saturated carbocycles. The molecule has 88 valence electrons. The maximum Gasteiger partial charge on any atom is 0.123 e. The molecular formula is C13H26OSi. The molecule has 0 bridgehead atoms. The molecule has 0 amide bonds. The molecule has 0 atom stereocenters. The lowest BCUT2D eigenvalue weighted by molar-refractivity contribution is -0.112. The third-order valence-electron chi connectivity index (χ3n) is 2.51. The molecule has 0 heterocycles. The van der Waals surface area contributed by atoms with Crippen molar-refractivity contribution in [3.05, 3.63) is 12.2 Å². The summed E-state index contributed by atoms with van der Waals surface area (Å²) in [5, 5.41) is 0.534. The molecule has 0 aliphatic carbocycles. The van der Waals surface area contributed by atoms with Crippen LogP contribution in [0.3, 0.4) is 0 Å². The van der Waals surface area contributed by atoms with Gasteiger partial charge in [-0.15, -0.1) is 0 Å². The van der Waals surface area contributed by atoms with Crippen LogP contribution in [0.25, 0.3) is 0 Å². The quantitative estimate of drug-likeness (QED) is 0.342. The first kappa shape index (κ1) is 14.6. The summed E-state index contributed by atoms with van der Waals surface area (Å²) in [6.07, 6.45) is 11.1. The number of allylic oxidation sites excluding steroid dienone is 2. The number of unbranched alkanes of at least 4 members (excludes halogenated alkanes) is 3. The van der Waals surface area contributed by atoms with Gasteiger partial charge in [-0.2, -0.15) is 0 Å². The average molecular weight is 226 g/mol. The summed E-state index contributed by atoms with van der Waals surface area (Å²) in [4.78, 5) is 11.6. The second kappa shape index (κ2) is 7.86. The normalized spacial score (nSPS) is 12.3. The molecule has 0 unspecified atom stereocenters. The minimum absolute atomic E-state index is 0.534. The third kappa shape index (κ3) is 8.61. The molecule has 15 heavy (non-hydrogen) atoms. The Labute approximate surface area is 96.0 Å². The zero-order valence-electron chi connectivity index (χ0n) is 10.8. The second-order valence-electron chi connectivity index (χ2n) is 5.15. The first-order valence-corrected chi connectivity index (χ1v) is 9.66. The van der Waals surface area contributed by atoms with E-state index in [1.165, 1.54) is 19.3 Å². The van der Waals surface area contributed by atoms with Crippen LogP contribution in [-0.4, -0.2) is 13.5 Å². The van der Waals surface area contributed by atoms with Gasteiger partial charge in [0.25, 0.3) is 0 Å². The van der Waals surface area contributed by atoms with E-state index in [1.807, 2.05) is 0 Å². The van der Waals surface area contributed by atoms with Crippen LogP contribution in [0, 0.1) is 0 Å². The molecule has 0 saturated heterocycles. The van der Waals surface area contributed by atoms with E-state index < -0.39 is 8.07 Å². The third-order valence-corrected chi connectivity index (χ3v) is 4.44. The van der Waals surface area contributed by atoms with Crippen molar-refractivity contribution in [2.24, 2.45) is 0 Å². The van der Waals surface area contributed by atoms with Gasteiger partial charge >= 0.3 is 0 Å². The van der Waals surface area contributed by atoms with Gasteiger partial charge in [0.1, 0.15) is 13.5 Å². The summed E-state index contributed by atoms with van der Waals surface area (Å²) < 4.78 is 0. The Morgan fingerprint density at radius 2 is 1.73 bits per heavy atom. The lowest BCUT2D eigenvalue weighted by Gasteiger charge is -2.13. The maximum atomic E-state index is 11.6. The van der Waals surface area contributed by atoms with Crippen molar-refractivity contribution in [3.8, 4) is 0 Å². The zero-order valence-corrected chi connectivity index (χ0v) is 11.8. The van der Waals surface area contributed by atoms with Crippen LogP contribution in [-0.2, 0) is 4.79 Å². The summed E-state index contributed by atoms with van der Waals surface area (Å²) in [5.41, 5.74) is 0. The van der Waals surface area contributed by atoms with E-state index in [1.54, 1.807) is 0 Å². The van der Waals surface area contributed by atoms with Crippen molar-refractivity contribution in [1.82, 2.24) is 0 Å². The van der Waals surface area contributed by atoms with Crippen LogP contribution in [0.4, 0.5) is 0 Å². The number of carbonyl (C=O) groups excluding carboxylic acids is 1. The molecule has 0 aliphatic heterocycles. The van der Waals surface area contributed by atoms with Crippen molar-refractivity contribution in [2.45, 2.75) is 65.1 Å². The van der Waals surface area contributed by atoms with Crippen LogP contribution in [0.1, 0.15) is 45.4 Å². The Kier molecular flexibility index (Phi) is 7.66. The average Bonchev–Trinajstić information content (AvgIpc) is 2.14. The van der Waals surface area contributed by atoms with Crippen LogP contribution in [0.2, 0.25) is 19.6 Å². The van der Waals surface area contributed by atoms with Crippen molar-refractivity contribution < 1.29 is 4.79 Å². The van der Waals surface area contributed by atoms with E-state index in [2.05, 4.69) is 38.7 Å². The van der Waals surface area contributed by atoms with E-state index in [4.69, 9.17) is 0 Å². The summed E-state index contributed by atoms with van der Waals surface area (Å²) in [6.45, 7) is 8.57. The Balaban J connectivity index is 3.40. The molecule has 0 spiro atoms. The van der Waals surface area contributed by atoms with Crippen molar-refractivity contribution in [1.29, 1.82) is 0 Å². The van der Waals surface area contributed by atoms with Crippen LogP contribution in [0.5, 0.6) is 0 Å². The molecule has 0 rings (SSSR count). The van der Waals surface area contributed by atoms with Gasteiger partial charge in [0, 0.05) is 6.42 Å². The first-order chi connectivity index (χ1) is 6.98. The lowest BCUT2D eigenvalue weighted by atomic mass is 10.1. The maximum absolute atomic E-state index is 11.6. The smallest absolute Gasteiger partial charge is 0.123 e. The summed E-state index contributed by atoms with van der Waals surface area (Å²) >= 11 is 0. The fourth-order valence-electron chi connectivity index (χ4n) is 1.38.